The van der Waals surface area contributed by atoms with Crippen molar-refractivity contribution in [1.29, 1.82) is 0 Å². The molecule has 31 heavy (non-hydrogen) atoms. The van der Waals surface area contributed by atoms with Crippen LogP contribution in [0.5, 0.6) is 0 Å². The topological polar surface area (TPSA) is 118 Å². The van der Waals surface area contributed by atoms with E-state index in [1.807, 2.05) is 6.92 Å². The predicted octanol–water partition coefficient (Wildman–Crippen LogP) is 3.43. The molecule has 2 amide bonds. The zero-order valence-corrected chi connectivity index (χ0v) is 17.0. The number of nitrogens with two attached hydrogens (primary N) is 1. The van der Waals surface area contributed by atoms with Crippen LogP contribution >= 0.6 is 0 Å². The van der Waals surface area contributed by atoms with Crippen molar-refractivity contribution in [2.75, 3.05) is 10.0 Å². The van der Waals surface area contributed by atoms with Crippen LogP contribution in [0.15, 0.2) is 65.6 Å². The van der Waals surface area contributed by atoms with Crippen molar-refractivity contribution in [1.82, 2.24) is 0 Å². The van der Waals surface area contributed by atoms with E-state index in [4.69, 9.17) is 5.73 Å². The summed E-state index contributed by atoms with van der Waals surface area (Å²) in [7, 11) is -3.89. The summed E-state index contributed by atoms with van der Waals surface area (Å²) in [5.41, 5.74) is 5.35. The molecule has 0 bridgehead atoms. The van der Waals surface area contributed by atoms with Crippen LogP contribution in [0, 0.1) is 18.6 Å². The highest BCUT2D eigenvalue weighted by atomic mass is 32.2. The molecule has 0 aliphatic heterocycles. The summed E-state index contributed by atoms with van der Waals surface area (Å²) in [4.78, 5) is 23.5. The zero-order valence-electron chi connectivity index (χ0n) is 16.1. The third kappa shape index (κ3) is 5.04. The van der Waals surface area contributed by atoms with Gasteiger partial charge in [-0.3, -0.25) is 14.3 Å². The van der Waals surface area contributed by atoms with Gasteiger partial charge in [0, 0.05) is 17.3 Å². The Morgan fingerprint density at radius 2 is 1.52 bits per heavy atom. The highest BCUT2D eigenvalue weighted by molar-refractivity contribution is 7.92. The van der Waals surface area contributed by atoms with Crippen molar-refractivity contribution in [3.05, 3.63) is 89.0 Å². The van der Waals surface area contributed by atoms with E-state index in [-0.39, 0.29) is 10.5 Å². The Labute approximate surface area is 176 Å². The predicted molar refractivity (Wildman–Crippen MR) is 111 cm³/mol. The molecule has 0 aliphatic rings. The van der Waals surface area contributed by atoms with Gasteiger partial charge in [0.15, 0.2) is 0 Å². The molecule has 0 spiro atoms. The van der Waals surface area contributed by atoms with Crippen molar-refractivity contribution in [2.24, 2.45) is 5.73 Å². The van der Waals surface area contributed by atoms with Crippen LogP contribution in [0.1, 0.15) is 26.3 Å². The molecule has 0 aliphatic carbocycles. The van der Waals surface area contributed by atoms with Crippen molar-refractivity contribution in [3.8, 4) is 0 Å². The molecular formula is C21H17F2N3O4S. The fourth-order valence-corrected chi connectivity index (χ4v) is 3.71. The van der Waals surface area contributed by atoms with Gasteiger partial charge < -0.3 is 11.1 Å². The number of amides is 2. The second-order valence-electron chi connectivity index (χ2n) is 6.63. The number of hydrogen-bond donors (Lipinski definition) is 3. The lowest BCUT2D eigenvalue weighted by Crippen LogP contribution is -2.17. The first-order chi connectivity index (χ1) is 14.6. The number of rotatable bonds is 6. The number of halogens is 2. The molecule has 3 rings (SSSR count). The Kier molecular flexibility index (Phi) is 6.02. The lowest BCUT2D eigenvalue weighted by Gasteiger charge is -2.10. The second-order valence-corrected chi connectivity index (χ2v) is 8.31. The molecule has 0 radical (unpaired) electrons. The Bertz CT molecular complexity index is 1260. The minimum atomic E-state index is -3.89. The molecule has 0 saturated heterocycles. The van der Waals surface area contributed by atoms with E-state index in [0.29, 0.717) is 11.8 Å². The van der Waals surface area contributed by atoms with Gasteiger partial charge >= 0.3 is 0 Å². The molecule has 160 valence electrons. The number of hydrogen-bond acceptors (Lipinski definition) is 4. The summed E-state index contributed by atoms with van der Waals surface area (Å²) < 4.78 is 54.9. The normalized spacial score (nSPS) is 11.1. The maximum atomic E-state index is 13.9. The number of benzene rings is 3. The van der Waals surface area contributed by atoms with Gasteiger partial charge in [-0.05, 0) is 49.4 Å². The van der Waals surface area contributed by atoms with Crippen LogP contribution in [0.2, 0.25) is 0 Å². The van der Waals surface area contributed by atoms with E-state index < -0.39 is 44.7 Å². The van der Waals surface area contributed by atoms with Crippen molar-refractivity contribution >= 4 is 33.2 Å². The maximum Gasteiger partial charge on any atom is 0.261 e. The minimum Gasteiger partial charge on any atom is -0.366 e. The molecule has 0 fully saturated rings. The Balaban J connectivity index is 1.78. The van der Waals surface area contributed by atoms with Gasteiger partial charge in [0.2, 0.25) is 0 Å². The number of aryl methyl sites for hydroxylation is 1. The largest absolute Gasteiger partial charge is 0.366 e. The first kappa shape index (κ1) is 21.9. The third-order valence-electron chi connectivity index (χ3n) is 4.30. The summed E-state index contributed by atoms with van der Waals surface area (Å²) in [6, 6.07) is 12.8. The Morgan fingerprint density at radius 1 is 0.903 bits per heavy atom. The van der Waals surface area contributed by atoms with Crippen LogP contribution in [0.4, 0.5) is 20.2 Å². The van der Waals surface area contributed by atoms with Crippen LogP contribution in [-0.4, -0.2) is 20.2 Å². The van der Waals surface area contributed by atoms with Crippen LogP contribution in [0.3, 0.4) is 0 Å². The number of anilines is 2. The molecule has 3 aromatic rings. The van der Waals surface area contributed by atoms with Crippen molar-refractivity contribution in [2.45, 2.75) is 11.8 Å². The van der Waals surface area contributed by atoms with E-state index in [2.05, 4.69) is 10.0 Å². The molecule has 3 aromatic carbocycles. The molecular weight excluding hydrogens is 428 g/mol. The molecule has 0 saturated carbocycles. The number of sulfonamides is 1. The molecule has 0 heterocycles. The smallest absolute Gasteiger partial charge is 0.261 e. The summed E-state index contributed by atoms with van der Waals surface area (Å²) in [6.45, 7) is 1.87. The van der Waals surface area contributed by atoms with Gasteiger partial charge in [0.05, 0.1) is 16.1 Å². The zero-order chi connectivity index (χ0) is 22.8. The number of carbonyl (C=O) groups excluding carboxylic acids is 2. The number of primary amides is 1. The molecule has 4 N–H and O–H groups in total. The summed E-state index contributed by atoms with van der Waals surface area (Å²) >= 11 is 0. The lowest BCUT2D eigenvalue weighted by atomic mass is 10.1. The molecule has 0 unspecified atom stereocenters. The van der Waals surface area contributed by atoms with Gasteiger partial charge in [0.1, 0.15) is 11.6 Å². The fourth-order valence-electron chi connectivity index (χ4n) is 2.65. The van der Waals surface area contributed by atoms with Crippen LogP contribution in [0.25, 0.3) is 0 Å². The quantitative estimate of drug-likeness (QED) is 0.539. The molecule has 0 aromatic heterocycles. The summed E-state index contributed by atoms with van der Waals surface area (Å²) in [6.07, 6.45) is 0. The van der Waals surface area contributed by atoms with E-state index in [1.165, 1.54) is 24.3 Å². The van der Waals surface area contributed by atoms with Crippen molar-refractivity contribution < 1.29 is 26.8 Å². The lowest BCUT2D eigenvalue weighted by molar-refractivity contribution is 0.0992. The van der Waals surface area contributed by atoms with E-state index in [1.54, 1.807) is 24.3 Å². The standard InChI is InChI=1S/C21H17F2N3O4S/c1-12-2-6-14(7-3-12)26-31(29,30)15-8-4-13(5-9-15)21(28)25-19-10-16(20(24)27)17(22)11-18(19)23/h2-11,26H,1H3,(H2,24,27)(H,25,28). The Hall–Kier alpha value is -3.79. The SMILES string of the molecule is Cc1ccc(NS(=O)(=O)c2ccc(C(=O)Nc3cc(C(N)=O)c(F)cc3F)cc2)cc1. The minimum absolute atomic E-state index is 0.0126. The van der Waals surface area contributed by atoms with Gasteiger partial charge in [-0.15, -0.1) is 0 Å². The monoisotopic (exact) mass is 445 g/mol. The highest BCUT2D eigenvalue weighted by Crippen LogP contribution is 2.21. The van der Waals surface area contributed by atoms with E-state index >= 15 is 0 Å². The molecule has 7 nitrogen and oxygen atoms in total. The average molecular weight is 445 g/mol. The van der Waals surface area contributed by atoms with Gasteiger partial charge in [-0.2, -0.15) is 0 Å². The summed E-state index contributed by atoms with van der Waals surface area (Å²) in [5.74, 6) is -4.17. The second kappa shape index (κ2) is 8.52. The summed E-state index contributed by atoms with van der Waals surface area (Å²) in [5, 5.41) is 2.20. The Morgan fingerprint density at radius 3 is 2.10 bits per heavy atom. The third-order valence-corrected chi connectivity index (χ3v) is 5.70. The van der Waals surface area contributed by atoms with Crippen LogP contribution in [-0.2, 0) is 10.0 Å². The van der Waals surface area contributed by atoms with Crippen LogP contribution < -0.4 is 15.8 Å². The van der Waals surface area contributed by atoms with Gasteiger partial charge in [-0.1, -0.05) is 17.7 Å². The van der Waals surface area contributed by atoms with Crippen molar-refractivity contribution in [3.63, 3.8) is 0 Å². The average Bonchev–Trinajstić information content (AvgIpc) is 2.71. The first-order valence-electron chi connectivity index (χ1n) is 8.86. The highest BCUT2D eigenvalue weighted by Gasteiger charge is 2.18. The number of nitrogens with one attached hydrogen (secondary N) is 2. The maximum absolute atomic E-state index is 13.9. The molecule has 10 heteroatoms. The first-order valence-corrected chi connectivity index (χ1v) is 10.3. The van der Waals surface area contributed by atoms with E-state index in [9.17, 15) is 26.8 Å². The van der Waals surface area contributed by atoms with Gasteiger partial charge in [0.25, 0.3) is 21.8 Å². The number of carbonyl (C=O) groups is 2. The van der Waals surface area contributed by atoms with Gasteiger partial charge in [-0.25, -0.2) is 17.2 Å². The molecule has 0 atom stereocenters. The fraction of sp³-hybridized carbons (Fsp3) is 0.0476. The van der Waals surface area contributed by atoms with E-state index in [0.717, 1.165) is 11.6 Å².